The third-order valence-corrected chi connectivity index (χ3v) is 5.45. The lowest BCUT2D eigenvalue weighted by atomic mass is 9.87. The van der Waals surface area contributed by atoms with Gasteiger partial charge in [-0.3, -0.25) is 0 Å². The van der Waals surface area contributed by atoms with Gasteiger partial charge < -0.3 is 15.1 Å². The van der Waals surface area contributed by atoms with Crippen molar-refractivity contribution >= 4 is 28.7 Å². The summed E-state index contributed by atoms with van der Waals surface area (Å²) in [6.07, 6.45) is 1.55. The monoisotopic (exact) mass is 408 g/mol. The van der Waals surface area contributed by atoms with E-state index in [0.29, 0.717) is 38.2 Å². The number of amides is 2. The molecule has 3 heterocycles. The summed E-state index contributed by atoms with van der Waals surface area (Å²) < 4.78 is 1.76. The number of fused-ring (bicyclic) bond motifs is 1. The van der Waals surface area contributed by atoms with Gasteiger partial charge in [0.25, 0.3) is 0 Å². The molecule has 9 heteroatoms. The number of benzene rings is 1. The molecule has 2 aromatic heterocycles. The van der Waals surface area contributed by atoms with Crippen LogP contribution in [0.3, 0.4) is 0 Å². The third kappa shape index (κ3) is 3.92. The van der Waals surface area contributed by atoms with Crippen LogP contribution in [0, 0.1) is 0 Å². The van der Waals surface area contributed by atoms with Crippen LogP contribution in [0.2, 0.25) is 0 Å². The molecule has 158 valence electrons. The van der Waals surface area contributed by atoms with E-state index in [1.807, 2.05) is 24.0 Å². The van der Waals surface area contributed by atoms with Crippen molar-refractivity contribution in [3.63, 3.8) is 0 Å². The van der Waals surface area contributed by atoms with Gasteiger partial charge in [0.2, 0.25) is 0 Å². The lowest BCUT2D eigenvalue weighted by Crippen LogP contribution is -2.50. The number of nitrogens with one attached hydrogen (secondary N) is 1. The number of aromatic nitrogens is 5. The Bertz CT molecular complexity index is 1030. The minimum atomic E-state index is -0.0806. The number of rotatable bonds is 3. The van der Waals surface area contributed by atoms with E-state index < -0.39 is 0 Å². The van der Waals surface area contributed by atoms with Crippen LogP contribution in [0.5, 0.6) is 0 Å². The summed E-state index contributed by atoms with van der Waals surface area (Å²) in [7, 11) is 0. The molecule has 3 aromatic rings. The second-order valence-corrected chi connectivity index (χ2v) is 8.51. The number of nitrogens with zero attached hydrogens (tertiary/aromatic N) is 7. The molecule has 0 saturated carbocycles. The number of anilines is 2. The summed E-state index contributed by atoms with van der Waals surface area (Å²) >= 11 is 0. The minimum absolute atomic E-state index is 0.0806. The maximum absolute atomic E-state index is 12.7. The third-order valence-electron chi connectivity index (χ3n) is 5.45. The van der Waals surface area contributed by atoms with Gasteiger partial charge in [0.1, 0.15) is 6.33 Å². The first-order valence-electron chi connectivity index (χ1n) is 10.3. The molecular weight excluding hydrogens is 380 g/mol. The summed E-state index contributed by atoms with van der Waals surface area (Å²) in [5, 5.41) is 11.4. The van der Waals surface area contributed by atoms with Gasteiger partial charge in [-0.1, -0.05) is 38.1 Å². The molecule has 4 rings (SSSR count). The zero-order chi connectivity index (χ0) is 21.3. The topological polar surface area (TPSA) is 92.1 Å². The second-order valence-electron chi connectivity index (χ2n) is 8.51. The molecule has 0 unspecified atom stereocenters. The van der Waals surface area contributed by atoms with Gasteiger partial charge in [-0.2, -0.15) is 0 Å². The molecular formula is C21H28N8O. The van der Waals surface area contributed by atoms with Crippen LogP contribution in [0.15, 0.2) is 30.6 Å². The average molecular weight is 409 g/mol. The number of hydrogen-bond acceptors (Lipinski definition) is 6. The van der Waals surface area contributed by atoms with E-state index >= 15 is 0 Å². The van der Waals surface area contributed by atoms with Crippen molar-refractivity contribution < 1.29 is 4.79 Å². The summed E-state index contributed by atoms with van der Waals surface area (Å²) in [6.45, 7) is 11.8. The maximum Gasteiger partial charge on any atom is 0.321 e. The van der Waals surface area contributed by atoms with Crippen molar-refractivity contribution in [2.24, 2.45) is 0 Å². The second kappa shape index (κ2) is 7.89. The van der Waals surface area contributed by atoms with Crippen molar-refractivity contribution in [1.82, 2.24) is 29.9 Å². The molecule has 9 nitrogen and oxygen atoms in total. The number of urea groups is 1. The Hall–Kier alpha value is -3.23. The fourth-order valence-electron chi connectivity index (χ4n) is 3.60. The van der Waals surface area contributed by atoms with Crippen molar-refractivity contribution in [2.45, 2.75) is 39.7 Å². The van der Waals surface area contributed by atoms with E-state index in [1.54, 1.807) is 11.0 Å². The van der Waals surface area contributed by atoms with Crippen LogP contribution in [0.4, 0.5) is 16.3 Å². The van der Waals surface area contributed by atoms with Crippen LogP contribution in [-0.4, -0.2) is 62.1 Å². The van der Waals surface area contributed by atoms with Crippen LogP contribution >= 0.6 is 0 Å². The number of hydrogen-bond donors (Lipinski definition) is 1. The summed E-state index contributed by atoms with van der Waals surface area (Å²) in [6, 6.07) is 7.98. The van der Waals surface area contributed by atoms with Gasteiger partial charge >= 0.3 is 6.03 Å². The number of aryl methyl sites for hydroxylation is 1. The van der Waals surface area contributed by atoms with Gasteiger partial charge in [-0.05, 0) is 30.0 Å². The highest BCUT2D eigenvalue weighted by Gasteiger charge is 2.25. The Morgan fingerprint density at radius 1 is 1.07 bits per heavy atom. The van der Waals surface area contributed by atoms with Gasteiger partial charge in [0.15, 0.2) is 17.0 Å². The van der Waals surface area contributed by atoms with Crippen molar-refractivity contribution in [3.8, 4) is 0 Å². The molecule has 0 bridgehead atoms. The van der Waals surface area contributed by atoms with E-state index in [0.717, 1.165) is 17.2 Å². The van der Waals surface area contributed by atoms with E-state index in [-0.39, 0.29) is 11.4 Å². The van der Waals surface area contributed by atoms with Gasteiger partial charge in [0, 0.05) is 38.4 Å². The van der Waals surface area contributed by atoms with E-state index in [9.17, 15) is 4.79 Å². The Morgan fingerprint density at radius 3 is 2.40 bits per heavy atom. The number of piperazine rings is 1. The first-order chi connectivity index (χ1) is 14.4. The molecule has 1 N–H and O–H groups in total. The molecule has 0 atom stereocenters. The highest BCUT2D eigenvalue weighted by Crippen LogP contribution is 2.24. The fraction of sp³-hybridized carbons (Fsp3) is 0.476. The average Bonchev–Trinajstić information content (AvgIpc) is 3.17. The van der Waals surface area contributed by atoms with Crippen LogP contribution in [-0.2, 0) is 12.0 Å². The first kappa shape index (κ1) is 20.1. The van der Waals surface area contributed by atoms with Crippen molar-refractivity contribution in [3.05, 3.63) is 36.2 Å². The zero-order valence-electron chi connectivity index (χ0n) is 18.0. The highest BCUT2D eigenvalue weighted by atomic mass is 16.2. The van der Waals surface area contributed by atoms with Crippen LogP contribution < -0.4 is 10.2 Å². The molecule has 30 heavy (non-hydrogen) atoms. The lowest BCUT2D eigenvalue weighted by molar-refractivity contribution is 0.208. The predicted octanol–water partition coefficient (Wildman–Crippen LogP) is 2.89. The quantitative estimate of drug-likeness (QED) is 0.716. The van der Waals surface area contributed by atoms with E-state index in [4.69, 9.17) is 0 Å². The van der Waals surface area contributed by atoms with Crippen molar-refractivity contribution in [2.75, 3.05) is 36.4 Å². The molecule has 1 saturated heterocycles. The molecule has 1 aromatic carbocycles. The largest absolute Gasteiger partial charge is 0.351 e. The highest BCUT2D eigenvalue weighted by molar-refractivity contribution is 5.89. The predicted molar refractivity (Wildman–Crippen MR) is 117 cm³/mol. The molecule has 1 aliphatic rings. The SMILES string of the molecule is CCn1nnc2c(N3CCN(C(=O)Nc4ccc(C(C)(C)C)cc4)CC3)ncnc21. The fourth-order valence-corrected chi connectivity index (χ4v) is 3.60. The zero-order valence-corrected chi connectivity index (χ0v) is 18.0. The molecule has 1 aliphatic heterocycles. The van der Waals surface area contributed by atoms with Crippen molar-refractivity contribution in [1.29, 1.82) is 0 Å². The minimum Gasteiger partial charge on any atom is -0.351 e. The molecule has 2 amide bonds. The standard InChI is InChI=1S/C21H28N8O/c1-5-29-19-17(25-26-29)18(22-14-23-19)27-10-12-28(13-11-27)20(30)24-16-8-6-15(7-9-16)21(2,3)4/h6-9,14H,5,10-13H2,1-4H3,(H,24,30). The van der Waals surface area contributed by atoms with Crippen LogP contribution in [0.1, 0.15) is 33.3 Å². The smallest absolute Gasteiger partial charge is 0.321 e. The van der Waals surface area contributed by atoms with E-state index in [2.05, 4.69) is 63.4 Å². The summed E-state index contributed by atoms with van der Waals surface area (Å²) in [5.41, 5.74) is 3.58. The molecule has 0 radical (unpaired) electrons. The Balaban J connectivity index is 1.39. The van der Waals surface area contributed by atoms with Crippen LogP contribution in [0.25, 0.3) is 11.2 Å². The summed E-state index contributed by atoms with van der Waals surface area (Å²) in [5.74, 6) is 0.775. The summed E-state index contributed by atoms with van der Waals surface area (Å²) in [4.78, 5) is 25.4. The normalized spacial score (nSPS) is 14.9. The Kier molecular flexibility index (Phi) is 5.27. The van der Waals surface area contributed by atoms with Gasteiger partial charge in [-0.15, -0.1) is 5.10 Å². The Morgan fingerprint density at radius 2 is 1.77 bits per heavy atom. The lowest BCUT2D eigenvalue weighted by Gasteiger charge is -2.35. The maximum atomic E-state index is 12.7. The van der Waals surface area contributed by atoms with Gasteiger partial charge in [-0.25, -0.2) is 19.4 Å². The Labute approximate surface area is 176 Å². The number of carbonyl (C=O) groups is 1. The molecule has 0 aliphatic carbocycles. The molecule has 0 spiro atoms. The molecule has 1 fully saturated rings. The first-order valence-corrected chi connectivity index (χ1v) is 10.3. The van der Waals surface area contributed by atoms with Gasteiger partial charge in [0.05, 0.1) is 0 Å². The van der Waals surface area contributed by atoms with E-state index in [1.165, 1.54) is 5.56 Å². The number of carbonyl (C=O) groups excluding carboxylic acids is 1.